The average molecular weight is 386 g/mol. The third-order valence-corrected chi connectivity index (χ3v) is 4.75. The first-order chi connectivity index (χ1) is 11.8. The van der Waals surface area contributed by atoms with E-state index in [4.69, 9.17) is 5.26 Å². The number of thioether (sulfide) groups is 1. The van der Waals surface area contributed by atoms with Gasteiger partial charge in [-0.3, -0.25) is 9.59 Å². The van der Waals surface area contributed by atoms with E-state index < -0.39 is 29.2 Å². The summed E-state index contributed by atoms with van der Waals surface area (Å²) in [6.07, 6.45) is -4.89. The van der Waals surface area contributed by atoms with Crippen molar-refractivity contribution in [1.29, 1.82) is 5.26 Å². The number of nitriles is 1. The van der Waals surface area contributed by atoms with Gasteiger partial charge in [-0.2, -0.15) is 18.4 Å². The molecule has 2 aromatic rings. The lowest BCUT2D eigenvalue weighted by Crippen LogP contribution is -2.17. The van der Waals surface area contributed by atoms with E-state index in [1.165, 1.54) is 12.1 Å². The van der Waals surface area contributed by atoms with Gasteiger partial charge in [-0.1, -0.05) is 17.8 Å². The van der Waals surface area contributed by atoms with Gasteiger partial charge in [-0.05, 0) is 17.5 Å². The van der Waals surface area contributed by atoms with E-state index in [-0.39, 0.29) is 21.2 Å². The van der Waals surface area contributed by atoms with E-state index in [1.54, 1.807) is 11.4 Å². The number of methoxy groups -OCH3 is 1. The molecule has 0 aliphatic rings. The van der Waals surface area contributed by atoms with Gasteiger partial charge in [0.25, 0.3) is 0 Å². The molecular formula is C15H9F3N2O3S2. The molecule has 0 aliphatic carbocycles. The zero-order valence-electron chi connectivity index (χ0n) is 12.6. The molecule has 0 unspecified atom stereocenters. The molecule has 0 spiro atoms. The Hall–Kier alpha value is -2.38. The number of esters is 1. The molecule has 5 nitrogen and oxygen atoms in total. The standard InChI is InChI=1S/C15H9F3N2O3S2/c1-23-11(21)7-25-14-8(6-19)5-9(13(20-14)15(16,17)18)12(22)10-3-2-4-24-10/h2-5H,7H2,1H3. The first-order valence-corrected chi connectivity index (χ1v) is 8.44. The molecule has 0 aromatic carbocycles. The molecule has 0 aliphatic heterocycles. The van der Waals surface area contributed by atoms with E-state index in [9.17, 15) is 22.8 Å². The monoisotopic (exact) mass is 386 g/mol. The van der Waals surface area contributed by atoms with E-state index in [0.717, 1.165) is 24.5 Å². The summed E-state index contributed by atoms with van der Waals surface area (Å²) in [4.78, 5) is 27.1. The Morgan fingerprint density at radius 2 is 2.16 bits per heavy atom. The van der Waals surface area contributed by atoms with Gasteiger partial charge < -0.3 is 4.74 Å². The predicted molar refractivity (Wildman–Crippen MR) is 84.4 cm³/mol. The molecule has 0 fully saturated rings. The Bertz CT molecular complexity index is 843. The van der Waals surface area contributed by atoms with Crippen LogP contribution in [0, 0.1) is 11.3 Å². The first-order valence-electron chi connectivity index (χ1n) is 6.58. The Labute approximate surface area is 148 Å². The highest BCUT2D eigenvalue weighted by Crippen LogP contribution is 2.35. The summed E-state index contributed by atoms with van der Waals surface area (Å²) in [6, 6.07) is 5.48. The molecule has 2 rings (SSSR count). The molecule has 25 heavy (non-hydrogen) atoms. The number of halogens is 3. The van der Waals surface area contributed by atoms with Crippen LogP contribution in [0.15, 0.2) is 28.6 Å². The SMILES string of the molecule is COC(=O)CSc1nc(C(F)(F)F)c(C(=O)c2cccs2)cc1C#N. The summed E-state index contributed by atoms with van der Waals surface area (Å²) in [5, 5.41) is 10.4. The van der Waals surface area contributed by atoms with Crippen molar-refractivity contribution in [2.75, 3.05) is 12.9 Å². The number of carbonyl (C=O) groups is 2. The van der Waals surface area contributed by atoms with Crippen LogP contribution in [0.25, 0.3) is 0 Å². The number of thiophene rings is 1. The lowest BCUT2D eigenvalue weighted by atomic mass is 10.1. The van der Waals surface area contributed by atoms with Gasteiger partial charge in [0.15, 0.2) is 5.69 Å². The Morgan fingerprint density at radius 1 is 1.44 bits per heavy atom. The highest BCUT2D eigenvalue weighted by molar-refractivity contribution is 7.99. The fourth-order valence-electron chi connectivity index (χ4n) is 1.80. The zero-order valence-corrected chi connectivity index (χ0v) is 14.2. The number of carbonyl (C=O) groups excluding carboxylic acids is 2. The maximum atomic E-state index is 13.3. The third kappa shape index (κ3) is 4.37. The number of hydrogen-bond acceptors (Lipinski definition) is 7. The second kappa shape index (κ2) is 7.67. The first kappa shape index (κ1) is 19.0. The third-order valence-electron chi connectivity index (χ3n) is 2.92. The van der Waals surface area contributed by atoms with Gasteiger partial charge in [0, 0.05) is 0 Å². The minimum Gasteiger partial charge on any atom is -0.468 e. The minimum atomic E-state index is -4.89. The second-order valence-corrected chi connectivity index (χ2v) is 6.43. The van der Waals surface area contributed by atoms with Crippen LogP contribution in [0.4, 0.5) is 13.2 Å². The summed E-state index contributed by atoms with van der Waals surface area (Å²) in [6.45, 7) is 0. The highest BCUT2D eigenvalue weighted by Gasteiger charge is 2.38. The Morgan fingerprint density at radius 3 is 2.68 bits per heavy atom. The Balaban J connectivity index is 2.54. The quantitative estimate of drug-likeness (QED) is 0.444. The fourth-order valence-corrected chi connectivity index (χ4v) is 3.27. The molecule has 10 heteroatoms. The van der Waals surface area contributed by atoms with Crippen LogP contribution in [0.1, 0.15) is 26.5 Å². The average Bonchev–Trinajstić information content (AvgIpc) is 3.11. The van der Waals surface area contributed by atoms with Gasteiger partial charge in [0.05, 0.1) is 28.9 Å². The number of aromatic nitrogens is 1. The van der Waals surface area contributed by atoms with Crippen molar-refractivity contribution in [2.45, 2.75) is 11.2 Å². The van der Waals surface area contributed by atoms with Gasteiger partial charge in [0.1, 0.15) is 11.1 Å². The van der Waals surface area contributed by atoms with Crippen LogP contribution in [0.5, 0.6) is 0 Å². The topological polar surface area (TPSA) is 80.0 Å². The predicted octanol–water partition coefficient (Wildman–Crippen LogP) is 3.53. The van der Waals surface area contributed by atoms with E-state index in [0.29, 0.717) is 11.8 Å². The van der Waals surface area contributed by atoms with E-state index >= 15 is 0 Å². The Kier molecular flexibility index (Phi) is 5.81. The maximum Gasteiger partial charge on any atom is 0.434 e. The fraction of sp³-hybridized carbons (Fsp3) is 0.200. The normalized spacial score (nSPS) is 11.0. The number of ketones is 1. The molecule has 0 N–H and O–H groups in total. The van der Waals surface area contributed by atoms with Gasteiger partial charge in [-0.25, -0.2) is 4.98 Å². The highest BCUT2D eigenvalue weighted by atomic mass is 32.2. The summed E-state index contributed by atoms with van der Waals surface area (Å²) in [7, 11) is 1.13. The van der Waals surface area contributed by atoms with Gasteiger partial charge in [-0.15, -0.1) is 11.3 Å². The van der Waals surface area contributed by atoms with Crippen molar-refractivity contribution in [2.24, 2.45) is 0 Å². The molecule has 0 atom stereocenters. The van der Waals surface area contributed by atoms with Crippen LogP contribution in [0.3, 0.4) is 0 Å². The van der Waals surface area contributed by atoms with Crippen molar-refractivity contribution in [1.82, 2.24) is 4.98 Å². The zero-order chi connectivity index (χ0) is 18.6. The number of alkyl halides is 3. The van der Waals surface area contributed by atoms with Crippen LogP contribution in [-0.4, -0.2) is 29.6 Å². The molecule has 0 bridgehead atoms. The van der Waals surface area contributed by atoms with Crippen molar-refractivity contribution in [3.8, 4) is 6.07 Å². The lowest BCUT2D eigenvalue weighted by Gasteiger charge is -2.13. The number of rotatable bonds is 5. The summed E-state index contributed by atoms with van der Waals surface area (Å²) in [5.41, 5.74) is -2.31. The van der Waals surface area contributed by atoms with Crippen molar-refractivity contribution >= 4 is 34.9 Å². The van der Waals surface area contributed by atoms with Crippen molar-refractivity contribution < 1.29 is 27.5 Å². The molecule has 130 valence electrons. The molecule has 0 amide bonds. The molecular weight excluding hydrogens is 377 g/mol. The van der Waals surface area contributed by atoms with Gasteiger partial charge >= 0.3 is 12.1 Å². The van der Waals surface area contributed by atoms with Gasteiger partial charge in [0.2, 0.25) is 5.78 Å². The molecule has 0 saturated heterocycles. The van der Waals surface area contributed by atoms with Crippen LogP contribution in [-0.2, 0) is 15.7 Å². The van der Waals surface area contributed by atoms with E-state index in [2.05, 4.69) is 9.72 Å². The smallest absolute Gasteiger partial charge is 0.434 e. The number of ether oxygens (including phenoxy) is 1. The molecule has 0 radical (unpaired) electrons. The molecule has 2 heterocycles. The lowest BCUT2D eigenvalue weighted by molar-refractivity contribution is -0.141. The molecule has 0 saturated carbocycles. The van der Waals surface area contributed by atoms with Crippen LogP contribution in [0.2, 0.25) is 0 Å². The second-order valence-electron chi connectivity index (χ2n) is 4.52. The largest absolute Gasteiger partial charge is 0.468 e. The maximum absolute atomic E-state index is 13.3. The van der Waals surface area contributed by atoms with Crippen molar-refractivity contribution in [3.05, 3.63) is 45.3 Å². The summed E-state index contributed by atoms with van der Waals surface area (Å²) < 4.78 is 44.4. The number of nitrogens with zero attached hydrogens (tertiary/aromatic N) is 2. The summed E-state index contributed by atoms with van der Waals surface area (Å²) in [5.74, 6) is -1.85. The van der Waals surface area contributed by atoms with Crippen LogP contribution < -0.4 is 0 Å². The minimum absolute atomic E-state index is 0.103. The summed E-state index contributed by atoms with van der Waals surface area (Å²) >= 11 is 1.62. The number of hydrogen-bond donors (Lipinski definition) is 0. The van der Waals surface area contributed by atoms with Crippen LogP contribution >= 0.6 is 23.1 Å². The van der Waals surface area contributed by atoms with E-state index in [1.807, 2.05) is 0 Å². The molecule has 2 aromatic heterocycles. The van der Waals surface area contributed by atoms with Crippen molar-refractivity contribution in [3.63, 3.8) is 0 Å². The number of pyridine rings is 1.